The average molecular weight is 335 g/mol. The first-order valence-corrected chi connectivity index (χ1v) is 7.47. The third kappa shape index (κ3) is 6.30. The van der Waals surface area contributed by atoms with E-state index in [1.807, 2.05) is 55.5 Å². The molecule has 5 heteroatoms. The van der Waals surface area contributed by atoms with Crippen molar-refractivity contribution in [3.05, 3.63) is 59.7 Å². The molecule has 124 valence electrons. The van der Waals surface area contributed by atoms with Crippen LogP contribution < -0.4 is 15.4 Å². The smallest absolute Gasteiger partial charge is 0.262 e. The van der Waals surface area contributed by atoms with Crippen molar-refractivity contribution in [3.63, 3.8) is 0 Å². The summed E-state index contributed by atoms with van der Waals surface area (Å²) in [5, 5.41) is 6.16. The third-order valence-electron chi connectivity index (χ3n) is 3.22. The van der Waals surface area contributed by atoms with Gasteiger partial charge < -0.3 is 15.4 Å². The van der Waals surface area contributed by atoms with E-state index in [2.05, 4.69) is 17.6 Å². The molecule has 0 spiro atoms. The summed E-state index contributed by atoms with van der Waals surface area (Å²) < 4.78 is 5.51. The van der Waals surface area contributed by atoms with Crippen LogP contribution in [0.15, 0.2) is 48.5 Å². The lowest BCUT2D eigenvalue weighted by Crippen LogP contribution is -2.22. The Morgan fingerprint density at radius 3 is 2.65 bits per heavy atom. The fourth-order valence-corrected chi connectivity index (χ4v) is 2.10. The molecule has 0 atom stereocenters. The molecule has 0 radical (unpaired) electrons. The number of anilines is 1. The number of ether oxygens (including phenoxy) is 1. The van der Waals surface area contributed by atoms with Crippen LogP contribution in [0.2, 0.25) is 0 Å². The number of halogens is 1. The van der Waals surface area contributed by atoms with Crippen molar-refractivity contribution in [2.45, 2.75) is 20.4 Å². The van der Waals surface area contributed by atoms with E-state index >= 15 is 0 Å². The number of hydrogen-bond donors (Lipinski definition) is 2. The van der Waals surface area contributed by atoms with Gasteiger partial charge in [0.15, 0.2) is 6.61 Å². The molecule has 0 heterocycles. The molecule has 0 saturated heterocycles. The summed E-state index contributed by atoms with van der Waals surface area (Å²) in [6.07, 6.45) is 0. The van der Waals surface area contributed by atoms with Crippen LogP contribution in [0, 0.1) is 6.92 Å². The first-order chi connectivity index (χ1) is 10.7. The summed E-state index contributed by atoms with van der Waals surface area (Å²) in [7, 11) is 0. The van der Waals surface area contributed by atoms with Crippen molar-refractivity contribution in [1.82, 2.24) is 5.32 Å². The number of benzene rings is 2. The van der Waals surface area contributed by atoms with Gasteiger partial charge >= 0.3 is 0 Å². The van der Waals surface area contributed by atoms with E-state index in [0.29, 0.717) is 5.75 Å². The van der Waals surface area contributed by atoms with Crippen LogP contribution in [0.4, 0.5) is 5.69 Å². The summed E-state index contributed by atoms with van der Waals surface area (Å²) in [4.78, 5) is 12.0. The number of carbonyl (C=O) groups is 1. The average Bonchev–Trinajstić information content (AvgIpc) is 2.52. The number of carbonyl (C=O) groups excluding carboxylic acids is 1. The van der Waals surface area contributed by atoms with Crippen molar-refractivity contribution in [1.29, 1.82) is 0 Å². The van der Waals surface area contributed by atoms with Crippen LogP contribution >= 0.6 is 12.4 Å². The van der Waals surface area contributed by atoms with Gasteiger partial charge in [0.1, 0.15) is 5.75 Å². The van der Waals surface area contributed by atoms with Gasteiger partial charge in [-0.05, 0) is 42.8 Å². The fourth-order valence-electron chi connectivity index (χ4n) is 2.10. The molecule has 2 N–H and O–H groups in total. The molecule has 4 nitrogen and oxygen atoms in total. The Kier molecular flexibility index (Phi) is 8.16. The van der Waals surface area contributed by atoms with Crippen LogP contribution in [0.1, 0.15) is 18.1 Å². The summed E-state index contributed by atoms with van der Waals surface area (Å²) in [5.74, 6) is 0.543. The Bertz CT molecular complexity index is 632. The lowest BCUT2D eigenvalue weighted by Gasteiger charge is -2.12. The van der Waals surface area contributed by atoms with Crippen molar-refractivity contribution in [2.75, 3.05) is 18.5 Å². The van der Waals surface area contributed by atoms with Crippen LogP contribution in [-0.2, 0) is 11.3 Å². The number of rotatable bonds is 7. The second-order valence-corrected chi connectivity index (χ2v) is 5.09. The Balaban J connectivity index is 0.00000264. The zero-order chi connectivity index (χ0) is 15.8. The predicted octanol–water partition coefficient (Wildman–Crippen LogP) is 3.54. The molecule has 1 amide bonds. The summed E-state index contributed by atoms with van der Waals surface area (Å²) in [5.41, 5.74) is 2.99. The largest absolute Gasteiger partial charge is 0.484 e. The summed E-state index contributed by atoms with van der Waals surface area (Å²) in [6.45, 7) is 5.66. The molecule has 0 aliphatic carbocycles. The highest BCUT2D eigenvalue weighted by Gasteiger charge is 2.07. The number of para-hydroxylation sites is 1. The van der Waals surface area contributed by atoms with Crippen molar-refractivity contribution in [2.24, 2.45) is 0 Å². The number of amides is 1. The van der Waals surface area contributed by atoms with Crippen LogP contribution in [0.5, 0.6) is 5.75 Å². The number of aryl methyl sites for hydroxylation is 1. The molecule has 0 unspecified atom stereocenters. The van der Waals surface area contributed by atoms with Crippen molar-refractivity contribution in [3.8, 4) is 5.75 Å². The van der Waals surface area contributed by atoms with E-state index in [0.717, 1.165) is 29.9 Å². The molecule has 0 bridgehead atoms. The minimum absolute atomic E-state index is 0. The van der Waals surface area contributed by atoms with E-state index < -0.39 is 0 Å². The maximum atomic E-state index is 12.0. The monoisotopic (exact) mass is 334 g/mol. The molecule has 2 aromatic carbocycles. The topological polar surface area (TPSA) is 50.4 Å². The highest BCUT2D eigenvalue weighted by molar-refractivity contribution is 5.92. The van der Waals surface area contributed by atoms with Gasteiger partial charge in [-0.15, -0.1) is 12.4 Å². The molecule has 0 aromatic heterocycles. The van der Waals surface area contributed by atoms with Gasteiger partial charge in [0, 0.05) is 12.2 Å². The van der Waals surface area contributed by atoms with Gasteiger partial charge in [-0.1, -0.05) is 37.3 Å². The summed E-state index contributed by atoms with van der Waals surface area (Å²) >= 11 is 0. The van der Waals surface area contributed by atoms with E-state index in [9.17, 15) is 4.79 Å². The zero-order valence-electron chi connectivity index (χ0n) is 13.5. The molecular weight excluding hydrogens is 312 g/mol. The van der Waals surface area contributed by atoms with E-state index in [1.54, 1.807) is 0 Å². The lowest BCUT2D eigenvalue weighted by atomic mass is 10.1. The number of hydrogen-bond acceptors (Lipinski definition) is 3. The molecule has 0 aliphatic rings. The molecule has 0 fully saturated rings. The fraction of sp³-hybridized carbons (Fsp3) is 0.278. The second-order valence-electron chi connectivity index (χ2n) is 5.09. The Morgan fingerprint density at radius 1 is 1.13 bits per heavy atom. The van der Waals surface area contributed by atoms with Gasteiger partial charge in [-0.25, -0.2) is 0 Å². The second kappa shape index (κ2) is 9.87. The van der Waals surface area contributed by atoms with Gasteiger partial charge in [-0.3, -0.25) is 4.79 Å². The maximum Gasteiger partial charge on any atom is 0.262 e. The van der Waals surface area contributed by atoms with Crippen LogP contribution in [0.3, 0.4) is 0 Å². The third-order valence-corrected chi connectivity index (χ3v) is 3.22. The number of nitrogens with one attached hydrogen (secondary N) is 2. The maximum absolute atomic E-state index is 12.0. The Labute approximate surface area is 143 Å². The van der Waals surface area contributed by atoms with E-state index in [4.69, 9.17) is 4.74 Å². The first kappa shape index (κ1) is 19.0. The normalized spacial score (nSPS) is 9.83. The van der Waals surface area contributed by atoms with Gasteiger partial charge in [0.25, 0.3) is 5.91 Å². The Morgan fingerprint density at radius 2 is 1.91 bits per heavy atom. The van der Waals surface area contributed by atoms with E-state index in [-0.39, 0.29) is 24.9 Å². The molecule has 2 rings (SSSR count). The van der Waals surface area contributed by atoms with Gasteiger partial charge in [0.2, 0.25) is 0 Å². The van der Waals surface area contributed by atoms with Gasteiger partial charge in [0.05, 0.1) is 0 Å². The first-order valence-electron chi connectivity index (χ1n) is 7.47. The predicted molar refractivity (Wildman–Crippen MR) is 96.4 cm³/mol. The molecular formula is C18H23ClN2O2. The van der Waals surface area contributed by atoms with Gasteiger partial charge in [-0.2, -0.15) is 0 Å². The highest BCUT2D eigenvalue weighted by atomic mass is 35.5. The van der Waals surface area contributed by atoms with E-state index in [1.165, 1.54) is 0 Å². The SMILES string of the molecule is CCNCc1ccccc1NC(=O)COc1cccc(C)c1.Cl. The quantitative estimate of drug-likeness (QED) is 0.814. The standard InChI is InChI=1S/C18H22N2O2.ClH/c1-3-19-12-15-8-4-5-10-17(15)20-18(21)13-22-16-9-6-7-14(2)11-16;/h4-11,19H,3,12-13H2,1-2H3,(H,20,21);1H. The zero-order valence-corrected chi connectivity index (χ0v) is 14.3. The molecule has 23 heavy (non-hydrogen) atoms. The summed E-state index contributed by atoms with van der Waals surface area (Å²) in [6, 6.07) is 15.4. The van der Waals surface area contributed by atoms with Crippen molar-refractivity contribution >= 4 is 24.0 Å². The molecule has 2 aromatic rings. The van der Waals surface area contributed by atoms with Crippen LogP contribution in [-0.4, -0.2) is 19.1 Å². The Hall–Kier alpha value is -2.04. The highest BCUT2D eigenvalue weighted by Crippen LogP contribution is 2.15. The molecule has 0 saturated carbocycles. The molecule has 0 aliphatic heterocycles. The van der Waals surface area contributed by atoms with Crippen molar-refractivity contribution < 1.29 is 9.53 Å². The minimum Gasteiger partial charge on any atom is -0.484 e. The lowest BCUT2D eigenvalue weighted by molar-refractivity contribution is -0.118. The minimum atomic E-state index is -0.162. The van der Waals surface area contributed by atoms with Crippen LogP contribution in [0.25, 0.3) is 0 Å².